The summed E-state index contributed by atoms with van der Waals surface area (Å²) in [5.41, 5.74) is 1.15. The van der Waals surface area contributed by atoms with E-state index in [1.165, 1.54) is 24.3 Å². The largest absolute Gasteiger partial charge is 0.321 e. The topological polar surface area (TPSA) is 75.3 Å². The summed E-state index contributed by atoms with van der Waals surface area (Å²) in [4.78, 5) is 12.2. The molecule has 0 aliphatic carbocycles. The van der Waals surface area contributed by atoms with E-state index in [-0.39, 0.29) is 11.6 Å². The minimum absolute atomic E-state index is 0.173. The summed E-state index contributed by atoms with van der Waals surface area (Å²) in [6, 6.07) is 21.3. The smallest absolute Gasteiger partial charge is 0.261 e. The van der Waals surface area contributed by atoms with Crippen molar-refractivity contribution >= 4 is 38.1 Å². The Hall–Kier alpha value is -3.78. The maximum absolute atomic E-state index is 13.4. The van der Waals surface area contributed by atoms with E-state index in [1.54, 1.807) is 6.07 Å². The van der Waals surface area contributed by atoms with Crippen LogP contribution in [-0.2, 0) is 10.0 Å². The minimum Gasteiger partial charge on any atom is -0.321 e. The number of carbonyl (C=O) groups excluding carboxylic acids is 1. The first-order valence-corrected chi connectivity index (χ1v) is 10.7. The molecule has 8 heteroatoms. The van der Waals surface area contributed by atoms with Gasteiger partial charge in [-0.25, -0.2) is 17.2 Å². The van der Waals surface area contributed by atoms with E-state index in [0.29, 0.717) is 17.3 Å². The lowest BCUT2D eigenvalue weighted by molar-refractivity contribution is 0.102. The van der Waals surface area contributed by atoms with Crippen LogP contribution in [0.25, 0.3) is 10.8 Å². The van der Waals surface area contributed by atoms with E-state index in [4.69, 9.17) is 0 Å². The molecule has 156 valence electrons. The van der Waals surface area contributed by atoms with E-state index in [1.807, 2.05) is 36.4 Å². The van der Waals surface area contributed by atoms with Gasteiger partial charge in [-0.05, 0) is 53.9 Å². The van der Waals surface area contributed by atoms with Gasteiger partial charge in [0.15, 0.2) is 11.6 Å². The Bertz CT molecular complexity index is 1380. The zero-order valence-electron chi connectivity index (χ0n) is 16.0. The third-order valence-corrected chi connectivity index (χ3v) is 6.02. The fourth-order valence-electron chi connectivity index (χ4n) is 3.08. The van der Waals surface area contributed by atoms with Crippen LogP contribution in [0.2, 0.25) is 0 Å². The number of nitrogens with one attached hydrogen (secondary N) is 2. The first-order valence-electron chi connectivity index (χ1n) is 9.20. The van der Waals surface area contributed by atoms with Crippen LogP contribution in [0.5, 0.6) is 0 Å². The molecule has 4 aromatic rings. The number of halogens is 2. The first kappa shape index (κ1) is 20.5. The van der Waals surface area contributed by atoms with Crippen LogP contribution in [0.15, 0.2) is 89.8 Å². The molecule has 2 N–H and O–H groups in total. The summed E-state index contributed by atoms with van der Waals surface area (Å²) in [6.07, 6.45) is 0. The molecule has 0 heterocycles. The maximum atomic E-state index is 13.4. The number of fused-ring (bicyclic) bond motifs is 1. The molecule has 1 amide bonds. The summed E-state index contributed by atoms with van der Waals surface area (Å²) in [5, 5.41) is 4.74. The van der Waals surface area contributed by atoms with Crippen molar-refractivity contribution in [3.63, 3.8) is 0 Å². The third-order valence-electron chi connectivity index (χ3n) is 4.64. The Morgan fingerprint density at radius 2 is 1.48 bits per heavy atom. The van der Waals surface area contributed by atoms with Crippen molar-refractivity contribution < 1.29 is 22.0 Å². The number of amides is 1. The highest BCUT2D eigenvalue weighted by Crippen LogP contribution is 2.24. The molecular formula is C23H16F2N2O3S. The number of carbonyl (C=O) groups is 1. The summed E-state index contributed by atoms with van der Waals surface area (Å²) in [7, 11) is -4.12. The van der Waals surface area contributed by atoms with E-state index < -0.39 is 26.6 Å². The molecule has 0 bridgehead atoms. The van der Waals surface area contributed by atoms with Crippen molar-refractivity contribution in [2.45, 2.75) is 4.90 Å². The zero-order valence-corrected chi connectivity index (χ0v) is 16.8. The van der Waals surface area contributed by atoms with E-state index in [0.717, 1.165) is 22.9 Å². The average molecular weight is 438 g/mol. The molecule has 0 saturated carbocycles. The van der Waals surface area contributed by atoms with Crippen LogP contribution in [0.1, 0.15) is 10.4 Å². The Morgan fingerprint density at radius 1 is 0.774 bits per heavy atom. The summed E-state index contributed by atoms with van der Waals surface area (Å²) >= 11 is 0. The van der Waals surface area contributed by atoms with E-state index in [2.05, 4.69) is 10.0 Å². The number of anilines is 2. The maximum Gasteiger partial charge on any atom is 0.261 e. The Morgan fingerprint density at radius 3 is 2.23 bits per heavy atom. The minimum atomic E-state index is -4.12. The molecule has 0 spiro atoms. The summed E-state index contributed by atoms with van der Waals surface area (Å²) in [5.74, 6) is -2.75. The predicted octanol–water partition coefficient (Wildman–Crippen LogP) is 5.17. The molecule has 0 aliphatic heterocycles. The summed E-state index contributed by atoms with van der Waals surface area (Å²) in [6.45, 7) is 0. The van der Waals surface area contributed by atoms with Gasteiger partial charge < -0.3 is 5.32 Å². The average Bonchev–Trinajstić information content (AvgIpc) is 2.76. The van der Waals surface area contributed by atoms with Crippen LogP contribution in [0, 0.1) is 11.6 Å². The molecule has 0 aliphatic rings. The van der Waals surface area contributed by atoms with Crippen LogP contribution < -0.4 is 10.0 Å². The molecule has 5 nitrogen and oxygen atoms in total. The number of sulfonamides is 1. The molecule has 0 fully saturated rings. The van der Waals surface area contributed by atoms with Gasteiger partial charge in [0.05, 0.1) is 4.90 Å². The molecule has 0 unspecified atom stereocenters. The van der Waals surface area contributed by atoms with Gasteiger partial charge in [0.2, 0.25) is 0 Å². The lowest BCUT2D eigenvalue weighted by Crippen LogP contribution is -2.14. The van der Waals surface area contributed by atoms with Gasteiger partial charge in [-0.15, -0.1) is 0 Å². The molecule has 0 aromatic heterocycles. The highest BCUT2D eigenvalue weighted by molar-refractivity contribution is 7.92. The number of hydrogen-bond donors (Lipinski definition) is 2. The third kappa shape index (κ3) is 4.39. The number of rotatable bonds is 5. The van der Waals surface area contributed by atoms with Crippen molar-refractivity contribution in [1.29, 1.82) is 0 Å². The predicted molar refractivity (Wildman–Crippen MR) is 116 cm³/mol. The van der Waals surface area contributed by atoms with Gasteiger partial charge in [-0.1, -0.05) is 36.4 Å². The van der Waals surface area contributed by atoms with Crippen LogP contribution in [-0.4, -0.2) is 14.3 Å². The molecule has 0 saturated heterocycles. The Labute approximate surface area is 177 Å². The van der Waals surface area contributed by atoms with E-state index >= 15 is 0 Å². The van der Waals surface area contributed by atoms with Crippen LogP contribution >= 0.6 is 0 Å². The fourth-order valence-corrected chi connectivity index (χ4v) is 4.15. The lowest BCUT2D eigenvalue weighted by Gasteiger charge is -2.11. The molecule has 4 aromatic carbocycles. The highest BCUT2D eigenvalue weighted by atomic mass is 32.2. The monoisotopic (exact) mass is 438 g/mol. The SMILES string of the molecule is O=C(Nc1cccc2ccccc12)c1ccc(NS(=O)(=O)c2ccc(F)c(F)c2)cc1. The number of benzene rings is 4. The Balaban J connectivity index is 1.51. The zero-order chi connectivity index (χ0) is 22.0. The van der Waals surface area contributed by atoms with Crippen molar-refractivity contribution in [2.75, 3.05) is 10.0 Å². The lowest BCUT2D eigenvalue weighted by atomic mass is 10.1. The van der Waals surface area contributed by atoms with Gasteiger partial charge in [-0.2, -0.15) is 0 Å². The van der Waals surface area contributed by atoms with Crippen molar-refractivity contribution in [2.24, 2.45) is 0 Å². The van der Waals surface area contributed by atoms with Gasteiger partial charge in [-0.3, -0.25) is 9.52 Å². The Kier molecular flexibility index (Phi) is 5.39. The van der Waals surface area contributed by atoms with Crippen LogP contribution in [0.3, 0.4) is 0 Å². The second-order valence-electron chi connectivity index (χ2n) is 6.74. The standard InChI is InChI=1S/C23H16F2N2O3S/c24-20-13-12-18(14-21(20)25)31(29,30)27-17-10-8-16(9-11-17)23(28)26-22-7-3-5-15-4-1-2-6-19(15)22/h1-14,27H,(H,26,28). The van der Waals surface area contributed by atoms with Crippen molar-refractivity contribution in [1.82, 2.24) is 0 Å². The normalized spacial score (nSPS) is 11.3. The van der Waals surface area contributed by atoms with Gasteiger partial charge in [0, 0.05) is 22.3 Å². The molecule has 31 heavy (non-hydrogen) atoms. The van der Waals surface area contributed by atoms with Crippen molar-refractivity contribution in [3.05, 3.63) is 102 Å². The van der Waals surface area contributed by atoms with Crippen LogP contribution in [0.4, 0.5) is 20.2 Å². The second kappa shape index (κ2) is 8.16. The number of hydrogen-bond acceptors (Lipinski definition) is 3. The second-order valence-corrected chi connectivity index (χ2v) is 8.42. The molecule has 4 rings (SSSR count). The first-order chi connectivity index (χ1) is 14.8. The highest BCUT2D eigenvalue weighted by Gasteiger charge is 2.17. The fraction of sp³-hybridized carbons (Fsp3) is 0. The van der Waals surface area contributed by atoms with Gasteiger partial charge in [0.1, 0.15) is 0 Å². The molecule has 0 radical (unpaired) electrons. The molecule has 0 atom stereocenters. The van der Waals surface area contributed by atoms with Gasteiger partial charge >= 0.3 is 0 Å². The quantitative estimate of drug-likeness (QED) is 0.451. The summed E-state index contributed by atoms with van der Waals surface area (Å²) < 4.78 is 53.4. The van der Waals surface area contributed by atoms with Crippen molar-refractivity contribution in [3.8, 4) is 0 Å². The van der Waals surface area contributed by atoms with Gasteiger partial charge in [0.25, 0.3) is 15.9 Å². The molecular weight excluding hydrogens is 422 g/mol. The van der Waals surface area contributed by atoms with E-state index in [9.17, 15) is 22.0 Å².